The van der Waals surface area contributed by atoms with E-state index in [1.807, 2.05) is 0 Å². The highest BCUT2D eigenvalue weighted by atomic mass is 14.9. The number of hydrogen-bond donors (Lipinski definition) is 1. The average molecular weight is 255 g/mol. The van der Waals surface area contributed by atoms with Crippen LogP contribution >= 0.6 is 0 Å². The quantitative estimate of drug-likeness (QED) is 0.843. The predicted molar refractivity (Wildman–Crippen MR) is 79.1 cm³/mol. The van der Waals surface area contributed by atoms with Crippen LogP contribution in [0.15, 0.2) is 30.3 Å². The lowest BCUT2D eigenvalue weighted by Gasteiger charge is -2.26. The lowest BCUT2D eigenvalue weighted by Crippen LogP contribution is -2.38. The van der Waals surface area contributed by atoms with Gasteiger partial charge in [0, 0.05) is 6.04 Å². The second-order valence-corrected chi connectivity index (χ2v) is 6.99. The molecule has 102 valence electrons. The molecule has 1 N–H and O–H groups in total. The van der Waals surface area contributed by atoms with E-state index < -0.39 is 0 Å². The Kier molecular flexibility index (Phi) is 2.91. The first-order valence-corrected chi connectivity index (χ1v) is 8.15. The van der Waals surface area contributed by atoms with Gasteiger partial charge in [-0.15, -0.1) is 0 Å². The maximum absolute atomic E-state index is 3.83. The molecule has 1 heteroatoms. The van der Waals surface area contributed by atoms with Crippen LogP contribution in [0.4, 0.5) is 0 Å². The molecule has 19 heavy (non-hydrogen) atoms. The summed E-state index contributed by atoms with van der Waals surface area (Å²) >= 11 is 0. The SMILES string of the molecule is CCNC(C1CC2CC2C1)C1CC1c1ccccc1. The fraction of sp³-hybridized carbons (Fsp3) is 0.667. The van der Waals surface area contributed by atoms with Crippen molar-refractivity contribution in [1.82, 2.24) is 5.32 Å². The van der Waals surface area contributed by atoms with Gasteiger partial charge in [0.05, 0.1) is 0 Å². The van der Waals surface area contributed by atoms with E-state index in [9.17, 15) is 0 Å². The molecule has 3 aliphatic carbocycles. The molecule has 0 aliphatic heterocycles. The molecule has 3 fully saturated rings. The molecule has 0 spiro atoms. The summed E-state index contributed by atoms with van der Waals surface area (Å²) < 4.78 is 0. The molecule has 1 aromatic rings. The van der Waals surface area contributed by atoms with Gasteiger partial charge in [-0.25, -0.2) is 0 Å². The first-order valence-electron chi connectivity index (χ1n) is 8.15. The molecule has 0 amide bonds. The summed E-state index contributed by atoms with van der Waals surface area (Å²) in [7, 11) is 0. The lowest BCUT2D eigenvalue weighted by atomic mass is 9.89. The molecule has 3 aliphatic rings. The number of nitrogens with one attached hydrogen (secondary N) is 1. The summed E-state index contributed by atoms with van der Waals surface area (Å²) in [4.78, 5) is 0. The Morgan fingerprint density at radius 2 is 1.79 bits per heavy atom. The number of hydrogen-bond acceptors (Lipinski definition) is 1. The minimum atomic E-state index is 0.794. The van der Waals surface area contributed by atoms with Crippen molar-refractivity contribution in [2.45, 2.75) is 44.6 Å². The number of benzene rings is 1. The van der Waals surface area contributed by atoms with E-state index in [-0.39, 0.29) is 0 Å². The van der Waals surface area contributed by atoms with Gasteiger partial charge >= 0.3 is 0 Å². The molecule has 1 nitrogen and oxygen atoms in total. The highest BCUT2D eigenvalue weighted by Crippen LogP contribution is 2.59. The van der Waals surface area contributed by atoms with E-state index in [0.29, 0.717) is 0 Å². The maximum atomic E-state index is 3.83. The highest BCUT2D eigenvalue weighted by Gasteiger charge is 2.53. The molecule has 0 aromatic heterocycles. The lowest BCUT2D eigenvalue weighted by molar-refractivity contribution is 0.305. The third-order valence-corrected chi connectivity index (χ3v) is 5.76. The monoisotopic (exact) mass is 255 g/mol. The van der Waals surface area contributed by atoms with Gasteiger partial charge in [0.1, 0.15) is 0 Å². The van der Waals surface area contributed by atoms with Crippen molar-refractivity contribution in [3.8, 4) is 0 Å². The van der Waals surface area contributed by atoms with Crippen LogP contribution in [0.2, 0.25) is 0 Å². The van der Waals surface area contributed by atoms with Gasteiger partial charge < -0.3 is 5.32 Å². The Morgan fingerprint density at radius 1 is 1.05 bits per heavy atom. The highest BCUT2D eigenvalue weighted by molar-refractivity contribution is 5.27. The van der Waals surface area contributed by atoms with Gasteiger partial charge in [-0.1, -0.05) is 37.3 Å². The van der Waals surface area contributed by atoms with Crippen LogP contribution in [-0.2, 0) is 0 Å². The maximum Gasteiger partial charge on any atom is 0.0130 e. The van der Waals surface area contributed by atoms with Gasteiger partial charge in [0.2, 0.25) is 0 Å². The largest absolute Gasteiger partial charge is 0.314 e. The van der Waals surface area contributed by atoms with Crippen molar-refractivity contribution < 1.29 is 0 Å². The molecule has 0 heterocycles. The van der Waals surface area contributed by atoms with Crippen molar-refractivity contribution in [2.75, 3.05) is 6.54 Å². The van der Waals surface area contributed by atoms with E-state index in [0.717, 1.165) is 42.2 Å². The van der Waals surface area contributed by atoms with Crippen molar-refractivity contribution in [3.05, 3.63) is 35.9 Å². The first kappa shape index (κ1) is 12.0. The third-order valence-electron chi connectivity index (χ3n) is 5.76. The smallest absolute Gasteiger partial charge is 0.0130 e. The van der Waals surface area contributed by atoms with E-state index in [1.165, 1.54) is 19.3 Å². The van der Waals surface area contributed by atoms with Gasteiger partial charge in [-0.2, -0.15) is 0 Å². The normalized spacial score (nSPS) is 40.8. The van der Waals surface area contributed by atoms with Crippen LogP contribution in [0.1, 0.15) is 44.1 Å². The van der Waals surface area contributed by atoms with Crippen LogP contribution in [0.25, 0.3) is 0 Å². The molecule has 3 saturated carbocycles. The van der Waals surface area contributed by atoms with Crippen molar-refractivity contribution in [3.63, 3.8) is 0 Å². The van der Waals surface area contributed by atoms with Crippen LogP contribution < -0.4 is 5.32 Å². The topological polar surface area (TPSA) is 12.0 Å². The van der Waals surface area contributed by atoms with E-state index in [4.69, 9.17) is 0 Å². The Balaban J connectivity index is 1.44. The van der Waals surface area contributed by atoms with E-state index >= 15 is 0 Å². The standard InChI is InChI=1S/C18H25N/c1-2-19-18(15-9-13-8-14(13)10-15)17-11-16(17)12-6-4-3-5-7-12/h3-7,13-19H,2,8-11H2,1H3. The number of fused-ring (bicyclic) bond motifs is 1. The van der Waals surface area contributed by atoms with Crippen LogP contribution in [-0.4, -0.2) is 12.6 Å². The Morgan fingerprint density at radius 3 is 2.47 bits per heavy atom. The zero-order chi connectivity index (χ0) is 12.8. The number of rotatable bonds is 5. The van der Waals surface area contributed by atoms with E-state index in [1.54, 1.807) is 12.0 Å². The zero-order valence-electron chi connectivity index (χ0n) is 11.9. The Bertz CT molecular complexity index is 430. The summed E-state index contributed by atoms with van der Waals surface area (Å²) in [6.45, 7) is 3.40. The fourth-order valence-corrected chi connectivity index (χ4v) is 4.65. The minimum Gasteiger partial charge on any atom is -0.314 e. The van der Waals surface area contributed by atoms with Crippen molar-refractivity contribution in [2.24, 2.45) is 23.7 Å². The second-order valence-electron chi connectivity index (χ2n) is 6.99. The van der Waals surface area contributed by atoms with Gasteiger partial charge in [-0.05, 0) is 67.4 Å². The molecule has 0 bridgehead atoms. The summed E-state index contributed by atoms with van der Waals surface area (Å²) in [5.41, 5.74) is 1.57. The molecular weight excluding hydrogens is 230 g/mol. The predicted octanol–water partition coefficient (Wildman–Crippen LogP) is 3.81. The average Bonchev–Trinajstić information content (AvgIpc) is 3.35. The molecular formula is C18H25N. The molecule has 4 rings (SSSR count). The van der Waals surface area contributed by atoms with Crippen LogP contribution in [0.5, 0.6) is 0 Å². The van der Waals surface area contributed by atoms with Crippen molar-refractivity contribution >= 4 is 0 Å². The first-order chi connectivity index (χ1) is 9.36. The molecule has 5 unspecified atom stereocenters. The van der Waals surface area contributed by atoms with Gasteiger partial charge in [0.15, 0.2) is 0 Å². The third kappa shape index (κ3) is 2.23. The summed E-state index contributed by atoms with van der Waals surface area (Å²) in [5, 5.41) is 3.83. The molecule has 0 saturated heterocycles. The Hall–Kier alpha value is -0.820. The van der Waals surface area contributed by atoms with Gasteiger partial charge in [0.25, 0.3) is 0 Å². The van der Waals surface area contributed by atoms with Crippen LogP contribution in [0.3, 0.4) is 0 Å². The second kappa shape index (κ2) is 4.63. The minimum absolute atomic E-state index is 0.794. The molecule has 1 aromatic carbocycles. The fourth-order valence-electron chi connectivity index (χ4n) is 4.65. The van der Waals surface area contributed by atoms with E-state index in [2.05, 4.69) is 42.6 Å². The molecule has 0 radical (unpaired) electrons. The zero-order valence-corrected chi connectivity index (χ0v) is 11.9. The van der Waals surface area contributed by atoms with Crippen LogP contribution in [0, 0.1) is 23.7 Å². The van der Waals surface area contributed by atoms with Crippen molar-refractivity contribution in [1.29, 1.82) is 0 Å². The summed E-state index contributed by atoms with van der Waals surface area (Å²) in [6, 6.07) is 11.9. The van der Waals surface area contributed by atoms with Gasteiger partial charge in [-0.3, -0.25) is 0 Å². The Labute approximate surface area is 116 Å². The molecule has 5 atom stereocenters. The summed E-state index contributed by atoms with van der Waals surface area (Å²) in [5.74, 6) is 4.94. The summed E-state index contributed by atoms with van der Waals surface area (Å²) in [6.07, 6.45) is 5.98.